The molecule has 0 aliphatic heterocycles. The monoisotopic (exact) mass is 274 g/mol. The van der Waals surface area contributed by atoms with E-state index in [1.54, 1.807) is 0 Å². The summed E-state index contributed by atoms with van der Waals surface area (Å²) in [6, 6.07) is 8.59. The molecule has 0 amide bonds. The van der Waals surface area contributed by atoms with Gasteiger partial charge in [0.25, 0.3) is 0 Å². The molecule has 0 radical (unpaired) electrons. The predicted molar refractivity (Wildman–Crippen MR) is 81.5 cm³/mol. The van der Waals surface area contributed by atoms with E-state index in [-0.39, 0.29) is 6.04 Å². The maximum Gasteiger partial charge on any atom is 0.0459 e. The summed E-state index contributed by atoms with van der Waals surface area (Å²) in [4.78, 5) is 4.22. The Bertz CT molecular complexity index is 566. The third kappa shape index (κ3) is 3.34. The van der Waals surface area contributed by atoms with Crippen LogP contribution in [-0.4, -0.2) is 11.5 Å². The van der Waals surface area contributed by atoms with Crippen molar-refractivity contribution in [1.82, 2.24) is 10.3 Å². The van der Waals surface area contributed by atoms with Crippen LogP contribution in [-0.2, 0) is 0 Å². The van der Waals surface area contributed by atoms with Gasteiger partial charge >= 0.3 is 0 Å². The van der Waals surface area contributed by atoms with Crippen LogP contribution in [0.2, 0.25) is 5.02 Å². The largest absolute Gasteiger partial charge is 0.310 e. The summed E-state index contributed by atoms with van der Waals surface area (Å²) < 4.78 is 0. The van der Waals surface area contributed by atoms with Crippen molar-refractivity contribution in [3.05, 3.63) is 52.8 Å². The number of hydrogen-bond acceptors (Lipinski definition) is 2. The third-order valence-electron chi connectivity index (χ3n) is 3.19. The fourth-order valence-electron chi connectivity index (χ4n) is 2.19. The molecule has 1 N–H and O–H groups in total. The molecule has 1 aromatic carbocycles. The normalized spacial score (nSPS) is 12.4. The van der Waals surface area contributed by atoms with Gasteiger partial charge in [-0.3, -0.25) is 4.98 Å². The zero-order valence-electron chi connectivity index (χ0n) is 11.6. The molecule has 0 aliphatic rings. The summed E-state index contributed by atoms with van der Waals surface area (Å²) in [5, 5.41) is 4.17. The SMILES string of the molecule is CCNC(C)c1ccc(-c2cncc(C)c2)cc1Cl. The molecule has 1 unspecified atom stereocenters. The number of nitrogens with one attached hydrogen (secondary N) is 1. The van der Waals surface area contributed by atoms with Crippen LogP contribution in [0.25, 0.3) is 11.1 Å². The third-order valence-corrected chi connectivity index (χ3v) is 3.51. The summed E-state index contributed by atoms with van der Waals surface area (Å²) in [6.45, 7) is 7.19. The minimum atomic E-state index is 0.266. The second-order valence-electron chi connectivity index (χ2n) is 4.77. The lowest BCUT2D eigenvalue weighted by atomic mass is 10.0. The number of benzene rings is 1. The van der Waals surface area contributed by atoms with Crippen LogP contribution in [0.1, 0.15) is 31.0 Å². The Labute approximate surface area is 119 Å². The highest BCUT2D eigenvalue weighted by atomic mass is 35.5. The molecule has 3 heteroatoms. The first kappa shape index (κ1) is 14.0. The van der Waals surface area contributed by atoms with Crippen LogP contribution in [0.4, 0.5) is 0 Å². The van der Waals surface area contributed by atoms with E-state index in [4.69, 9.17) is 11.6 Å². The van der Waals surface area contributed by atoms with Gasteiger partial charge in [-0.1, -0.05) is 30.7 Å². The summed E-state index contributed by atoms with van der Waals surface area (Å²) in [7, 11) is 0. The Kier molecular flexibility index (Phi) is 4.56. The number of nitrogens with zero attached hydrogens (tertiary/aromatic N) is 1. The average Bonchev–Trinajstić information content (AvgIpc) is 2.38. The molecule has 0 aliphatic carbocycles. The van der Waals surface area contributed by atoms with Gasteiger partial charge in [0, 0.05) is 29.0 Å². The molecule has 19 heavy (non-hydrogen) atoms. The Morgan fingerprint density at radius 1 is 1.21 bits per heavy atom. The van der Waals surface area contributed by atoms with Crippen molar-refractivity contribution in [2.75, 3.05) is 6.54 Å². The number of halogens is 1. The molecule has 0 bridgehead atoms. The minimum absolute atomic E-state index is 0.266. The molecular weight excluding hydrogens is 256 g/mol. The van der Waals surface area contributed by atoms with Gasteiger partial charge in [0.2, 0.25) is 0 Å². The lowest BCUT2D eigenvalue weighted by Crippen LogP contribution is -2.17. The number of rotatable bonds is 4. The first-order chi connectivity index (χ1) is 9.11. The Morgan fingerprint density at radius 2 is 2.00 bits per heavy atom. The standard InChI is InChI=1S/C16H19ClN2/c1-4-19-12(3)15-6-5-13(8-16(15)17)14-7-11(2)9-18-10-14/h5-10,12,19H,4H2,1-3H3. The summed E-state index contributed by atoms with van der Waals surface area (Å²) >= 11 is 6.39. The van der Waals surface area contributed by atoms with Crippen LogP contribution in [0.3, 0.4) is 0 Å². The van der Waals surface area contributed by atoms with Crippen LogP contribution in [0.5, 0.6) is 0 Å². The van der Waals surface area contributed by atoms with Gasteiger partial charge < -0.3 is 5.32 Å². The number of hydrogen-bond donors (Lipinski definition) is 1. The minimum Gasteiger partial charge on any atom is -0.310 e. The van der Waals surface area contributed by atoms with Crippen LogP contribution in [0.15, 0.2) is 36.7 Å². The molecular formula is C16H19ClN2. The highest BCUT2D eigenvalue weighted by Gasteiger charge is 2.09. The van der Waals surface area contributed by atoms with E-state index in [1.807, 2.05) is 25.4 Å². The number of aryl methyl sites for hydroxylation is 1. The van der Waals surface area contributed by atoms with E-state index in [9.17, 15) is 0 Å². The highest BCUT2D eigenvalue weighted by molar-refractivity contribution is 6.31. The van der Waals surface area contributed by atoms with E-state index >= 15 is 0 Å². The topological polar surface area (TPSA) is 24.9 Å². The molecule has 100 valence electrons. The Morgan fingerprint density at radius 3 is 2.63 bits per heavy atom. The zero-order valence-corrected chi connectivity index (χ0v) is 12.3. The highest BCUT2D eigenvalue weighted by Crippen LogP contribution is 2.29. The maximum atomic E-state index is 6.39. The van der Waals surface area contributed by atoms with Crippen molar-refractivity contribution in [3.63, 3.8) is 0 Å². The molecule has 0 saturated heterocycles. The maximum absolute atomic E-state index is 6.39. The van der Waals surface area contributed by atoms with Crippen molar-refractivity contribution in [3.8, 4) is 11.1 Å². The second-order valence-corrected chi connectivity index (χ2v) is 5.17. The number of aromatic nitrogens is 1. The molecule has 2 nitrogen and oxygen atoms in total. The molecule has 0 saturated carbocycles. The molecule has 1 heterocycles. The summed E-state index contributed by atoms with van der Waals surface area (Å²) in [6.07, 6.45) is 3.72. The molecule has 2 aromatic rings. The van der Waals surface area contributed by atoms with Gasteiger partial charge in [0.05, 0.1) is 0 Å². The van der Waals surface area contributed by atoms with Gasteiger partial charge in [-0.2, -0.15) is 0 Å². The van der Waals surface area contributed by atoms with Gasteiger partial charge in [0.15, 0.2) is 0 Å². The smallest absolute Gasteiger partial charge is 0.0459 e. The van der Waals surface area contributed by atoms with Gasteiger partial charge in [-0.25, -0.2) is 0 Å². The van der Waals surface area contributed by atoms with E-state index in [1.165, 1.54) is 0 Å². The Hall–Kier alpha value is -1.38. The fraction of sp³-hybridized carbons (Fsp3) is 0.312. The van der Waals surface area contributed by atoms with Gasteiger partial charge in [-0.15, -0.1) is 0 Å². The molecule has 0 fully saturated rings. The molecule has 0 spiro atoms. The van der Waals surface area contributed by atoms with E-state index < -0.39 is 0 Å². The van der Waals surface area contributed by atoms with Gasteiger partial charge in [0.1, 0.15) is 0 Å². The van der Waals surface area contributed by atoms with E-state index in [0.29, 0.717) is 0 Å². The molecule has 1 aromatic heterocycles. The lowest BCUT2D eigenvalue weighted by molar-refractivity contribution is 0.598. The molecule has 1 atom stereocenters. The quantitative estimate of drug-likeness (QED) is 0.895. The van der Waals surface area contributed by atoms with E-state index in [0.717, 1.165) is 33.8 Å². The van der Waals surface area contributed by atoms with E-state index in [2.05, 4.69) is 42.3 Å². The van der Waals surface area contributed by atoms with Crippen LogP contribution < -0.4 is 5.32 Å². The number of pyridine rings is 1. The van der Waals surface area contributed by atoms with Gasteiger partial charge in [-0.05, 0) is 49.2 Å². The van der Waals surface area contributed by atoms with Crippen LogP contribution in [0, 0.1) is 6.92 Å². The molecule has 2 rings (SSSR count). The predicted octanol–water partition coefficient (Wildman–Crippen LogP) is 4.38. The summed E-state index contributed by atoms with van der Waals surface area (Å²) in [5.41, 5.74) is 4.49. The van der Waals surface area contributed by atoms with Crippen molar-refractivity contribution >= 4 is 11.6 Å². The van der Waals surface area contributed by atoms with Crippen LogP contribution >= 0.6 is 11.6 Å². The Balaban J connectivity index is 2.33. The first-order valence-electron chi connectivity index (χ1n) is 6.56. The van der Waals surface area contributed by atoms with Crippen molar-refractivity contribution in [1.29, 1.82) is 0 Å². The lowest BCUT2D eigenvalue weighted by Gasteiger charge is -2.15. The fourth-order valence-corrected chi connectivity index (χ4v) is 2.53. The zero-order chi connectivity index (χ0) is 13.8. The second kappa shape index (κ2) is 6.18. The van der Waals surface area contributed by atoms with Crippen molar-refractivity contribution in [2.45, 2.75) is 26.8 Å². The first-order valence-corrected chi connectivity index (χ1v) is 6.94. The average molecular weight is 275 g/mol. The van der Waals surface area contributed by atoms with Crippen molar-refractivity contribution < 1.29 is 0 Å². The van der Waals surface area contributed by atoms with Crippen molar-refractivity contribution in [2.24, 2.45) is 0 Å². The summed E-state index contributed by atoms with van der Waals surface area (Å²) in [5.74, 6) is 0.